The minimum absolute atomic E-state index is 0.607. The Balaban J connectivity index is 2.36. The number of hydrogen-bond donors (Lipinski definition) is 1. The molecule has 0 saturated heterocycles. The van der Waals surface area contributed by atoms with Gasteiger partial charge in [0, 0.05) is 18.9 Å². The Kier molecular flexibility index (Phi) is 3.22. The van der Waals surface area contributed by atoms with Crippen molar-refractivity contribution in [2.75, 3.05) is 7.05 Å². The van der Waals surface area contributed by atoms with E-state index in [0.29, 0.717) is 10.8 Å². The summed E-state index contributed by atoms with van der Waals surface area (Å²) in [6.45, 7) is 2.73. The van der Waals surface area contributed by atoms with Crippen LogP contribution in [-0.2, 0) is 6.54 Å². The zero-order chi connectivity index (χ0) is 11.5. The molecule has 0 spiro atoms. The first-order valence-corrected chi connectivity index (χ1v) is 5.39. The minimum atomic E-state index is 0.607. The number of aryl methyl sites for hydroxylation is 1. The van der Waals surface area contributed by atoms with Gasteiger partial charge < -0.3 is 5.32 Å². The molecule has 2 aromatic rings. The molecule has 0 atom stereocenters. The third-order valence-corrected chi connectivity index (χ3v) is 2.47. The summed E-state index contributed by atoms with van der Waals surface area (Å²) in [6.07, 6.45) is 5.47. The molecule has 1 N–H and O–H groups in total. The SMILES string of the molecule is CNCc1cnc(-n2cc(C)cn2)c(Cl)c1. The van der Waals surface area contributed by atoms with Gasteiger partial charge in [-0.3, -0.25) is 0 Å². The number of rotatable bonds is 3. The van der Waals surface area contributed by atoms with Crippen LogP contribution in [0.3, 0.4) is 0 Å². The molecule has 0 radical (unpaired) electrons. The maximum atomic E-state index is 6.16. The normalized spacial score (nSPS) is 10.7. The second kappa shape index (κ2) is 4.63. The smallest absolute Gasteiger partial charge is 0.172 e. The molecule has 2 aromatic heterocycles. The Labute approximate surface area is 99.3 Å². The Morgan fingerprint density at radius 1 is 1.44 bits per heavy atom. The largest absolute Gasteiger partial charge is 0.316 e. The number of nitrogens with zero attached hydrogens (tertiary/aromatic N) is 3. The first kappa shape index (κ1) is 11.1. The fourth-order valence-electron chi connectivity index (χ4n) is 1.47. The summed E-state index contributed by atoms with van der Waals surface area (Å²) in [5.74, 6) is 0.662. The molecule has 0 fully saturated rings. The summed E-state index contributed by atoms with van der Waals surface area (Å²) in [5.41, 5.74) is 2.14. The average molecular weight is 237 g/mol. The van der Waals surface area contributed by atoms with Gasteiger partial charge in [-0.2, -0.15) is 5.10 Å². The summed E-state index contributed by atoms with van der Waals surface area (Å²) in [6, 6.07) is 1.90. The van der Waals surface area contributed by atoms with E-state index in [2.05, 4.69) is 15.4 Å². The highest BCUT2D eigenvalue weighted by Crippen LogP contribution is 2.18. The number of aromatic nitrogens is 3. The van der Waals surface area contributed by atoms with Gasteiger partial charge in [-0.15, -0.1) is 0 Å². The van der Waals surface area contributed by atoms with Crippen molar-refractivity contribution in [3.63, 3.8) is 0 Å². The molecule has 0 aliphatic heterocycles. The van der Waals surface area contributed by atoms with Crippen LogP contribution in [0.2, 0.25) is 5.02 Å². The van der Waals surface area contributed by atoms with Crippen LogP contribution in [0.4, 0.5) is 0 Å². The van der Waals surface area contributed by atoms with E-state index < -0.39 is 0 Å². The van der Waals surface area contributed by atoms with Crippen molar-refractivity contribution >= 4 is 11.6 Å². The van der Waals surface area contributed by atoms with Crippen molar-refractivity contribution in [2.24, 2.45) is 0 Å². The predicted molar refractivity (Wildman–Crippen MR) is 63.9 cm³/mol. The highest BCUT2D eigenvalue weighted by Gasteiger charge is 2.06. The molecule has 0 aliphatic rings. The van der Waals surface area contributed by atoms with Crippen molar-refractivity contribution in [1.29, 1.82) is 0 Å². The second-order valence-electron chi connectivity index (χ2n) is 3.64. The molecule has 2 heterocycles. The van der Waals surface area contributed by atoms with Crippen molar-refractivity contribution in [3.8, 4) is 5.82 Å². The zero-order valence-corrected chi connectivity index (χ0v) is 9.99. The lowest BCUT2D eigenvalue weighted by atomic mass is 10.3. The lowest BCUT2D eigenvalue weighted by molar-refractivity contribution is 0.802. The van der Waals surface area contributed by atoms with E-state index in [1.165, 1.54) is 0 Å². The molecule has 16 heavy (non-hydrogen) atoms. The molecule has 5 heteroatoms. The summed E-state index contributed by atoms with van der Waals surface area (Å²) < 4.78 is 1.68. The van der Waals surface area contributed by atoms with Gasteiger partial charge in [-0.1, -0.05) is 11.6 Å². The maximum absolute atomic E-state index is 6.16. The van der Waals surface area contributed by atoms with Gasteiger partial charge >= 0.3 is 0 Å². The van der Waals surface area contributed by atoms with Gasteiger partial charge in [0.05, 0.1) is 11.2 Å². The van der Waals surface area contributed by atoms with E-state index in [1.54, 1.807) is 17.1 Å². The summed E-state index contributed by atoms with van der Waals surface area (Å²) in [7, 11) is 1.89. The van der Waals surface area contributed by atoms with Crippen LogP contribution in [-0.4, -0.2) is 21.8 Å². The summed E-state index contributed by atoms with van der Waals surface area (Å²) in [5, 5.41) is 7.84. The van der Waals surface area contributed by atoms with E-state index in [1.807, 2.05) is 26.2 Å². The molecular formula is C11H13ClN4. The van der Waals surface area contributed by atoms with Crippen LogP contribution in [0.25, 0.3) is 5.82 Å². The molecule has 84 valence electrons. The van der Waals surface area contributed by atoms with Crippen LogP contribution >= 0.6 is 11.6 Å². The van der Waals surface area contributed by atoms with Crippen molar-refractivity contribution in [1.82, 2.24) is 20.1 Å². The molecule has 0 aromatic carbocycles. The van der Waals surface area contributed by atoms with E-state index in [0.717, 1.165) is 17.7 Å². The van der Waals surface area contributed by atoms with Crippen molar-refractivity contribution < 1.29 is 0 Å². The monoisotopic (exact) mass is 236 g/mol. The zero-order valence-electron chi connectivity index (χ0n) is 9.24. The third kappa shape index (κ3) is 2.23. The van der Waals surface area contributed by atoms with Gasteiger partial charge in [0.1, 0.15) is 0 Å². The summed E-state index contributed by atoms with van der Waals surface area (Å²) in [4.78, 5) is 4.31. The molecule has 0 aliphatic carbocycles. The molecule has 2 rings (SSSR count). The van der Waals surface area contributed by atoms with E-state index >= 15 is 0 Å². The highest BCUT2D eigenvalue weighted by atomic mass is 35.5. The van der Waals surface area contributed by atoms with Crippen LogP contribution in [0.15, 0.2) is 24.7 Å². The van der Waals surface area contributed by atoms with E-state index in [9.17, 15) is 0 Å². The Hall–Kier alpha value is -1.39. The second-order valence-corrected chi connectivity index (χ2v) is 4.05. The van der Waals surface area contributed by atoms with Crippen LogP contribution in [0.5, 0.6) is 0 Å². The number of nitrogens with one attached hydrogen (secondary N) is 1. The fourth-order valence-corrected chi connectivity index (χ4v) is 1.74. The first-order chi connectivity index (χ1) is 7.70. The highest BCUT2D eigenvalue weighted by molar-refractivity contribution is 6.32. The molecule has 0 bridgehead atoms. The molecule has 4 nitrogen and oxygen atoms in total. The van der Waals surface area contributed by atoms with Gasteiger partial charge in [-0.25, -0.2) is 9.67 Å². The van der Waals surface area contributed by atoms with Gasteiger partial charge in [0.25, 0.3) is 0 Å². The van der Waals surface area contributed by atoms with Gasteiger partial charge in [0.2, 0.25) is 0 Å². The number of halogens is 1. The summed E-state index contributed by atoms with van der Waals surface area (Å²) >= 11 is 6.16. The molecular weight excluding hydrogens is 224 g/mol. The third-order valence-electron chi connectivity index (χ3n) is 2.19. The van der Waals surface area contributed by atoms with Crippen LogP contribution in [0.1, 0.15) is 11.1 Å². The number of pyridine rings is 1. The number of hydrogen-bond acceptors (Lipinski definition) is 3. The van der Waals surface area contributed by atoms with Gasteiger partial charge in [0.15, 0.2) is 5.82 Å². The van der Waals surface area contributed by atoms with Crippen LogP contribution < -0.4 is 5.32 Å². The molecule has 0 amide bonds. The first-order valence-electron chi connectivity index (χ1n) is 5.01. The average Bonchev–Trinajstić information content (AvgIpc) is 2.65. The predicted octanol–water partition coefficient (Wildman–Crippen LogP) is 1.95. The Morgan fingerprint density at radius 3 is 2.81 bits per heavy atom. The van der Waals surface area contributed by atoms with Gasteiger partial charge in [-0.05, 0) is 31.2 Å². The Bertz CT molecular complexity index is 492. The van der Waals surface area contributed by atoms with Crippen molar-refractivity contribution in [2.45, 2.75) is 13.5 Å². The molecule has 0 unspecified atom stereocenters. The van der Waals surface area contributed by atoms with E-state index in [-0.39, 0.29) is 0 Å². The standard InChI is InChI=1S/C11H13ClN4/c1-8-4-15-16(7-8)11-10(12)3-9(5-13-2)6-14-11/h3-4,6-7,13H,5H2,1-2H3. The minimum Gasteiger partial charge on any atom is -0.316 e. The lowest BCUT2D eigenvalue weighted by Gasteiger charge is -2.05. The quantitative estimate of drug-likeness (QED) is 0.886. The Morgan fingerprint density at radius 2 is 2.25 bits per heavy atom. The van der Waals surface area contributed by atoms with E-state index in [4.69, 9.17) is 11.6 Å². The van der Waals surface area contributed by atoms with Crippen LogP contribution in [0, 0.1) is 6.92 Å². The lowest BCUT2D eigenvalue weighted by Crippen LogP contribution is -2.07. The van der Waals surface area contributed by atoms with Crippen molar-refractivity contribution in [3.05, 3.63) is 40.8 Å². The fraction of sp³-hybridized carbons (Fsp3) is 0.273. The molecule has 0 saturated carbocycles. The topological polar surface area (TPSA) is 42.7 Å². The maximum Gasteiger partial charge on any atom is 0.172 e.